The molecule has 0 saturated carbocycles. The number of rotatable bonds is 10. The maximum Gasteiger partial charge on any atom is 0.286 e. The number of amides is 1. The minimum atomic E-state index is -0.722. The summed E-state index contributed by atoms with van der Waals surface area (Å²) in [4.78, 5) is 23.0. The first-order valence-corrected chi connectivity index (χ1v) is 7.67. The van der Waals surface area contributed by atoms with E-state index in [4.69, 9.17) is 19.5 Å². The topological polar surface area (TPSA) is 124 Å². The van der Waals surface area contributed by atoms with Crippen molar-refractivity contribution in [2.75, 3.05) is 27.4 Å². The normalized spacial score (nSPS) is 11.3. The second-order valence-corrected chi connectivity index (χ2v) is 5.06. The van der Waals surface area contributed by atoms with Crippen LogP contribution in [0.3, 0.4) is 0 Å². The molecule has 1 rings (SSSR count). The number of hydrogen-bond donors (Lipinski definition) is 1. The molecular formula is C16H21N3O6. The highest BCUT2D eigenvalue weighted by Gasteiger charge is 2.26. The second-order valence-electron chi connectivity index (χ2n) is 5.06. The summed E-state index contributed by atoms with van der Waals surface area (Å²) in [5.41, 5.74) is -0.629. The van der Waals surface area contributed by atoms with Crippen molar-refractivity contribution in [3.63, 3.8) is 0 Å². The number of nitrogens with one attached hydrogen (secondary N) is 1. The van der Waals surface area contributed by atoms with Crippen molar-refractivity contribution in [3.8, 4) is 17.6 Å². The summed E-state index contributed by atoms with van der Waals surface area (Å²) in [6.45, 7) is 2.33. The molecule has 0 heterocycles. The summed E-state index contributed by atoms with van der Waals surface area (Å²) in [6.07, 6.45) is 1.14. The predicted octanol–water partition coefficient (Wildman–Crippen LogP) is 2.05. The van der Waals surface area contributed by atoms with Gasteiger partial charge in [-0.25, -0.2) is 0 Å². The van der Waals surface area contributed by atoms with Gasteiger partial charge < -0.3 is 19.5 Å². The van der Waals surface area contributed by atoms with Gasteiger partial charge in [-0.1, -0.05) is 13.3 Å². The molecular weight excluding hydrogens is 330 g/mol. The number of carbonyl (C=O) groups excluding carboxylic acids is 1. The molecule has 25 heavy (non-hydrogen) atoms. The van der Waals surface area contributed by atoms with Gasteiger partial charge in [0.05, 0.1) is 30.8 Å². The van der Waals surface area contributed by atoms with Crippen LogP contribution in [0.15, 0.2) is 12.1 Å². The Morgan fingerprint density at radius 3 is 2.60 bits per heavy atom. The number of hydrogen-bond acceptors (Lipinski definition) is 7. The molecule has 0 bridgehead atoms. The molecule has 136 valence electrons. The third kappa shape index (κ3) is 5.61. The lowest BCUT2D eigenvalue weighted by atomic mass is 10.1. The quantitative estimate of drug-likeness (QED) is 0.388. The molecule has 0 radical (unpaired) electrons. The van der Waals surface area contributed by atoms with E-state index in [0.29, 0.717) is 19.4 Å². The highest BCUT2D eigenvalue weighted by molar-refractivity contribution is 5.99. The molecule has 1 atom stereocenters. The van der Waals surface area contributed by atoms with E-state index in [1.807, 2.05) is 13.0 Å². The Labute approximate surface area is 145 Å². The van der Waals surface area contributed by atoms with Crippen LogP contribution in [0.4, 0.5) is 5.69 Å². The number of ether oxygens (including phenoxy) is 3. The molecule has 1 aromatic rings. The van der Waals surface area contributed by atoms with Crippen LogP contribution in [0.25, 0.3) is 0 Å². The van der Waals surface area contributed by atoms with Crippen LogP contribution >= 0.6 is 0 Å². The molecule has 0 fully saturated rings. The van der Waals surface area contributed by atoms with E-state index in [9.17, 15) is 14.9 Å². The highest BCUT2D eigenvalue weighted by Crippen LogP contribution is 2.34. The van der Waals surface area contributed by atoms with Crippen molar-refractivity contribution in [1.82, 2.24) is 5.32 Å². The van der Waals surface area contributed by atoms with E-state index in [0.717, 1.165) is 6.07 Å². The molecule has 9 nitrogen and oxygen atoms in total. The van der Waals surface area contributed by atoms with Crippen molar-refractivity contribution in [1.29, 1.82) is 5.26 Å². The van der Waals surface area contributed by atoms with E-state index < -0.39 is 22.6 Å². The Morgan fingerprint density at radius 1 is 1.36 bits per heavy atom. The van der Waals surface area contributed by atoms with Gasteiger partial charge in [0.1, 0.15) is 18.2 Å². The third-order valence-corrected chi connectivity index (χ3v) is 3.31. The zero-order valence-corrected chi connectivity index (χ0v) is 14.4. The second kappa shape index (κ2) is 10.1. The average Bonchev–Trinajstić information content (AvgIpc) is 2.60. The van der Waals surface area contributed by atoms with Crippen molar-refractivity contribution in [2.24, 2.45) is 0 Å². The predicted molar refractivity (Wildman–Crippen MR) is 88.8 cm³/mol. The minimum Gasteiger partial charge on any atom is -0.493 e. The molecule has 0 aliphatic carbocycles. The molecule has 1 N–H and O–H groups in total. The van der Waals surface area contributed by atoms with Crippen LogP contribution in [0.5, 0.6) is 11.5 Å². The number of nitrogens with zero attached hydrogens (tertiary/aromatic N) is 2. The monoisotopic (exact) mass is 351 g/mol. The number of nitro groups is 1. The SMILES string of the molecule is CCC[C@@H](C#N)NC(=O)c1cc(OC)c(OCCOC)cc1[N+](=O)[O-]. The van der Waals surface area contributed by atoms with Gasteiger partial charge in [0, 0.05) is 13.2 Å². The van der Waals surface area contributed by atoms with Crippen molar-refractivity contribution < 1.29 is 23.9 Å². The zero-order valence-electron chi connectivity index (χ0n) is 14.4. The summed E-state index contributed by atoms with van der Waals surface area (Å²) in [5, 5.41) is 22.9. The average molecular weight is 351 g/mol. The zero-order chi connectivity index (χ0) is 18.8. The van der Waals surface area contributed by atoms with Gasteiger partial charge in [0.15, 0.2) is 11.5 Å². The number of carbonyl (C=O) groups is 1. The van der Waals surface area contributed by atoms with Crippen LogP contribution in [0.1, 0.15) is 30.1 Å². The van der Waals surface area contributed by atoms with E-state index >= 15 is 0 Å². The smallest absolute Gasteiger partial charge is 0.286 e. The fourth-order valence-corrected chi connectivity index (χ4v) is 2.08. The van der Waals surface area contributed by atoms with Gasteiger partial charge in [-0.05, 0) is 6.42 Å². The Hall–Kier alpha value is -2.86. The standard InChI is InChI=1S/C16H21N3O6/c1-4-5-11(10-17)18-16(20)12-8-14(24-3)15(25-7-6-23-2)9-13(12)19(21)22/h8-9,11H,4-7H2,1-3H3,(H,18,20)/t11-/m0/s1. The molecule has 0 saturated heterocycles. The van der Waals surface area contributed by atoms with Crippen LogP contribution in [0, 0.1) is 21.4 Å². The fraction of sp³-hybridized carbons (Fsp3) is 0.500. The first-order valence-electron chi connectivity index (χ1n) is 7.67. The molecule has 9 heteroatoms. The van der Waals surface area contributed by atoms with Crippen LogP contribution in [-0.2, 0) is 4.74 Å². The number of methoxy groups -OCH3 is 2. The molecule has 0 unspecified atom stereocenters. The minimum absolute atomic E-state index is 0.133. The molecule has 1 aromatic carbocycles. The van der Waals surface area contributed by atoms with Gasteiger partial charge in [-0.2, -0.15) is 5.26 Å². The molecule has 1 amide bonds. The van der Waals surface area contributed by atoms with Crippen molar-refractivity contribution in [2.45, 2.75) is 25.8 Å². The van der Waals surface area contributed by atoms with Crippen LogP contribution < -0.4 is 14.8 Å². The summed E-state index contributed by atoms with van der Waals surface area (Å²) in [5.74, 6) is -0.405. The van der Waals surface area contributed by atoms with Crippen LogP contribution in [-0.4, -0.2) is 44.3 Å². The molecule has 0 spiro atoms. The van der Waals surface area contributed by atoms with Crippen molar-refractivity contribution >= 4 is 11.6 Å². The highest BCUT2D eigenvalue weighted by atomic mass is 16.6. The summed E-state index contributed by atoms with van der Waals surface area (Å²) < 4.78 is 15.4. The summed E-state index contributed by atoms with van der Waals surface area (Å²) in [6, 6.07) is 3.60. The van der Waals surface area contributed by atoms with Gasteiger partial charge >= 0.3 is 0 Å². The van der Waals surface area contributed by atoms with E-state index in [1.54, 1.807) is 0 Å². The van der Waals surface area contributed by atoms with E-state index in [-0.39, 0.29) is 23.7 Å². The maximum atomic E-state index is 12.4. The lowest BCUT2D eigenvalue weighted by Crippen LogP contribution is -2.34. The number of nitriles is 1. The summed E-state index contributed by atoms with van der Waals surface area (Å²) >= 11 is 0. The Kier molecular flexibility index (Phi) is 8.15. The van der Waals surface area contributed by atoms with Crippen molar-refractivity contribution in [3.05, 3.63) is 27.8 Å². The lowest BCUT2D eigenvalue weighted by molar-refractivity contribution is -0.385. The number of benzene rings is 1. The number of nitro benzene ring substituents is 1. The first-order chi connectivity index (χ1) is 12.0. The van der Waals surface area contributed by atoms with E-state index in [1.165, 1.54) is 20.3 Å². The van der Waals surface area contributed by atoms with Crippen LogP contribution in [0.2, 0.25) is 0 Å². The Balaban J connectivity index is 3.18. The Bertz CT molecular complexity index is 656. The Morgan fingerprint density at radius 2 is 2.08 bits per heavy atom. The lowest BCUT2D eigenvalue weighted by Gasteiger charge is -2.14. The first kappa shape index (κ1) is 20.2. The third-order valence-electron chi connectivity index (χ3n) is 3.31. The van der Waals surface area contributed by atoms with Gasteiger partial charge in [0.2, 0.25) is 0 Å². The van der Waals surface area contributed by atoms with E-state index in [2.05, 4.69) is 5.32 Å². The maximum absolute atomic E-state index is 12.4. The van der Waals surface area contributed by atoms with Gasteiger partial charge in [0.25, 0.3) is 11.6 Å². The van der Waals surface area contributed by atoms with Gasteiger partial charge in [-0.3, -0.25) is 14.9 Å². The molecule has 0 aliphatic rings. The largest absolute Gasteiger partial charge is 0.493 e. The van der Waals surface area contributed by atoms with Gasteiger partial charge in [-0.15, -0.1) is 0 Å². The molecule has 0 aromatic heterocycles. The summed E-state index contributed by atoms with van der Waals surface area (Å²) in [7, 11) is 2.86. The molecule has 0 aliphatic heterocycles. The fourth-order valence-electron chi connectivity index (χ4n) is 2.08.